The van der Waals surface area contributed by atoms with Crippen LogP contribution in [0.1, 0.15) is 5.69 Å². The number of nitrogens with one attached hydrogen (secondary N) is 1. The van der Waals surface area contributed by atoms with Gasteiger partial charge in [0, 0.05) is 0 Å². The van der Waals surface area contributed by atoms with Crippen molar-refractivity contribution >= 4 is 31.6 Å². The van der Waals surface area contributed by atoms with Gasteiger partial charge < -0.3 is 4.74 Å². The highest BCUT2D eigenvalue weighted by atomic mass is 79.9. The fraction of sp³-hybridized carbons (Fsp3) is 0.154. The van der Waals surface area contributed by atoms with E-state index in [0.717, 1.165) is 0 Å². The molecule has 0 aliphatic rings. The standard InChI is InChI=1S/C13H13BrN2O3S/c1-9-12(7-8-13(14)15-9)16-20(17,18)11-5-3-10(19-2)4-6-11/h3-8,16H,1-2H3. The Hall–Kier alpha value is -1.60. The van der Waals surface area contributed by atoms with Gasteiger partial charge in [-0.2, -0.15) is 0 Å². The summed E-state index contributed by atoms with van der Waals surface area (Å²) in [4.78, 5) is 4.32. The van der Waals surface area contributed by atoms with E-state index in [2.05, 4.69) is 25.6 Å². The summed E-state index contributed by atoms with van der Waals surface area (Å²) in [5, 5.41) is 0. The molecule has 0 unspecified atom stereocenters. The molecule has 0 fully saturated rings. The molecule has 0 bridgehead atoms. The second kappa shape index (κ2) is 5.80. The Bertz CT molecular complexity index is 715. The van der Waals surface area contributed by atoms with Gasteiger partial charge in [0.2, 0.25) is 0 Å². The molecule has 0 saturated carbocycles. The molecule has 1 heterocycles. The first kappa shape index (κ1) is 14.8. The van der Waals surface area contributed by atoms with Gasteiger partial charge in [-0.3, -0.25) is 4.72 Å². The number of nitrogens with zero attached hydrogens (tertiary/aromatic N) is 1. The lowest BCUT2D eigenvalue weighted by molar-refractivity contribution is 0.414. The van der Waals surface area contributed by atoms with E-state index in [4.69, 9.17) is 4.74 Å². The van der Waals surface area contributed by atoms with Crippen LogP contribution in [-0.4, -0.2) is 20.5 Å². The summed E-state index contributed by atoms with van der Waals surface area (Å²) in [5.41, 5.74) is 1.04. The second-order valence-corrected chi connectivity index (χ2v) is 6.54. The monoisotopic (exact) mass is 356 g/mol. The van der Waals surface area contributed by atoms with Gasteiger partial charge in [-0.25, -0.2) is 13.4 Å². The van der Waals surface area contributed by atoms with Crippen LogP contribution in [0.4, 0.5) is 5.69 Å². The van der Waals surface area contributed by atoms with Crippen molar-refractivity contribution in [2.75, 3.05) is 11.8 Å². The van der Waals surface area contributed by atoms with E-state index in [1.807, 2.05) is 0 Å². The molecule has 0 amide bonds. The average Bonchev–Trinajstić information content (AvgIpc) is 2.42. The SMILES string of the molecule is COc1ccc(S(=O)(=O)Nc2ccc(Br)nc2C)cc1. The van der Waals surface area contributed by atoms with Gasteiger partial charge in [-0.1, -0.05) is 0 Å². The number of benzene rings is 1. The average molecular weight is 357 g/mol. The Morgan fingerprint density at radius 3 is 2.35 bits per heavy atom. The minimum atomic E-state index is -3.63. The molecule has 7 heteroatoms. The highest BCUT2D eigenvalue weighted by molar-refractivity contribution is 9.10. The molecular weight excluding hydrogens is 344 g/mol. The van der Waals surface area contributed by atoms with Crippen LogP contribution in [-0.2, 0) is 10.0 Å². The van der Waals surface area contributed by atoms with Crippen molar-refractivity contribution in [1.82, 2.24) is 4.98 Å². The van der Waals surface area contributed by atoms with Crippen LogP contribution >= 0.6 is 15.9 Å². The minimum absolute atomic E-state index is 0.167. The van der Waals surface area contributed by atoms with E-state index in [0.29, 0.717) is 21.7 Å². The zero-order valence-electron chi connectivity index (χ0n) is 10.9. The number of aryl methyl sites for hydroxylation is 1. The molecule has 0 aliphatic carbocycles. The van der Waals surface area contributed by atoms with Gasteiger partial charge >= 0.3 is 0 Å². The van der Waals surface area contributed by atoms with Crippen molar-refractivity contribution in [3.63, 3.8) is 0 Å². The molecule has 0 atom stereocenters. The zero-order valence-corrected chi connectivity index (χ0v) is 13.3. The molecule has 2 aromatic rings. The predicted octanol–water partition coefficient (Wildman–Crippen LogP) is 2.96. The van der Waals surface area contributed by atoms with Crippen molar-refractivity contribution in [1.29, 1.82) is 0 Å². The number of hydrogen-bond acceptors (Lipinski definition) is 4. The third-order valence-electron chi connectivity index (χ3n) is 2.67. The number of sulfonamides is 1. The summed E-state index contributed by atoms with van der Waals surface area (Å²) >= 11 is 3.23. The third kappa shape index (κ3) is 3.29. The Morgan fingerprint density at radius 1 is 1.15 bits per heavy atom. The number of ether oxygens (including phenoxy) is 1. The normalized spacial score (nSPS) is 11.2. The fourth-order valence-corrected chi connectivity index (χ4v) is 3.11. The van der Waals surface area contributed by atoms with Crippen molar-refractivity contribution in [3.8, 4) is 5.75 Å². The zero-order chi connectivity index (χ0) is 14.8. The Morgan fingerprint density at radius 2 is 1.80 bits per heavy atom. The van der Waals surface area contributed by atoms with E-state index in [9.17, 15) is 8.42 Å². The van der Waals surface area contributed by atoms with E-state index >= 15 is 0 Å². The van der Waals surface area contributed by atoms with Crippen LogP contribution in [0.3, 0.4) is 0 Å². The number of methoxy groups -OCH3 is 1. The van der Waals surface area contributed by atoms with Crippen molar-refractivity contribution in [2.24, 2.45) is 0 Å². The lowest BCUT2D eigenvalue weighted by atomic mass is 10.3. The largest absolute Gasteiger partial charge is 0.497 e. The number of pyridine rings is 1. The fourth-order valence-electron chi connectivity index (χ4n) is 1.60. The maximum atomic E-state index is 12.2. The van der Waals surface area contributed by atoms with Gasteiger partial charge in [0.05, 0.1) is 23.4 Å². The lowest BCUT2D eigenvalue weighted by Gasteiger charge is -2.10. The first-order valence-corrected chi connectivity index (χ1v) is 8.00. The molecule has 0 aliphatic heterocycles. The minimum Gasteiger partial charge on any atom is -0.497 e. The van der Waals surface area contributed by atoms with Gasteiger partial charge in [-0.15, -0.1) is 0 Å². The van der Waals surface area contributed by atoms with Gasteiger partial charge in [0.25, 0.3) is 10.0 Å². The van der Waals surface area contributed by atoms with Gasteiger partial charge in [0.1, 0.15) is 10.4 Å². The maximum absolute atomic E-state index is 12.2. The smallest absolute Gasteiger partial charge is 0.261 e. The summed E-state index contributed by atoms with van der Waals surface area (Å²) in [6.45, 7) is 1.73. The molecule has 1 aromatic carbocycles. The highest BCUT2D eigenvalue weighted by Gasteiger charge is 2.15. The van der Waals surface area contributed by atoms with Crippen molar-refractivity contribution < 1.29 is 13.2 Å². The second-order valence-electron chi connectivity index (χ2n) is 4.05. The Balaban J connectivity index is 2.30. The van der Waals surface area contributed by atoms with Crippen molar-refractivity contribution in [2.45, 2.75) is 11.8 Å². The van der Waals surface area contributed by atoms with Crippen LogP contribution in [0.5, 0.6) is 5.75 Å². The lowest BCUT2D eigenvalue weighted by Crippen LogP contribution is -2.14. The number of hydrogen-bond donors (Lipinski definition) is 1. The van der Waals surface area contributed by atoms with Gasteiger partial charge in [0.15, 0.2) is 0 Å². The van der Waals surface area contributed by atoms with Crippen LogP contribution < -0.4 is 9.46 Å². The summed E-state index contributed by atoms with van der Waals surface area (Å²) < 4.78 is 32.7. The molecule has 1 aromatic heterocycles. The summed E-state index contributed by atoms with van der Waals surface area (Å²) in [7, 11) is -2.11. The van der Waals surface area contributed by atoms with Crippen LogP contribution in [0.15, 0.2) is 45.9 Å². The molecule has 0 spiro atoms. The topological polar surface area (TPSA) is 68.3 Å². The molecule has 0 radical (unpaired) electrons. The quantitative estimate of drug-likeness (QED) is 0.855. The van der Waals surface area contributed by atoms with E-state index < -0.39 is 10.0 Å². The molecule has 5 nitrogen and oxygen atoms in total. The molecule has 0 saturated heterocycles. The molecule has 106 valence electrons. The molecule has 20 heavy (non-hydrogen) atoms. The molecular formula is C13H13BrN2O3S. The first-order valence-electron chi connectivity index (χ1n) is 5.72. The maximum Gasteiger partial charge on any atom is 0.261 e. The summed E-state index contributed by atoms with van der Waals surface area (Å²) in [6, 6.07) is 9.51. The first-order chi connectivity index (χ1) is 9.42. The number of anilines is 1. The molecule has 1 N–H and O–H groups in total. The van der Waals surface area contributed by atoms with E-state index in [1.54, 1.807) is 31.2 Å². The summed E-state index contributed by atoms with van der Waals surface area (Å²) in [5.74, 6) is 0.602. The van der Waals surface area contributed by atoms with Crippen molar-refractivity contribution in [3.05, 3.63) is 46.7 Å². The highest BCUT2D eigenvalue weighted by Crippen LogP contribution is 2.21. The van der Waals surface area contributed by atoms with Gasteiger partial charge in [-0.05, 0) is 59.3 Å². The third-order valence-corrected chi connectivity index (χ3v) is 4.49. The Labute approximate surface area is 126 Å². The van der Waals surface area contributed by atoms with E-state index in [1.165, 1.54) is 19.2 Å². The van der Waals surface area contributed by atoms with Crippen LogP contribution in [0.25, 0.3) is 0 Å². The van der Waals surface area contributed by atoms with E-state index in [-0.39, 0.29) is 4.90 Å². The Kier molecular flexibility index (Phi) is 4.29. The molecule has 2 rings (SSSR count). The van der Waals surface area contributed by atoms with Crippen LogP contribution in [0, 0.1) is 6.92 Å². The predicted molar refractivity (Wildman–Crippen MR) is 80.5 cm³/mol. The summed E-state index contributed by atoms with van der Waals surface area (Å²) in [6.07, 6.45) is 0. The number of rotatable bonds is 4. The number of halogens is 1. The number of aromatic nitrogens is 1. The van der Waals surface area contributed by atoms with Crippen LogP contribution in [0.2, 0.25) is 0 Å².